The van der Waals surface area contributed by atoms with E-state index in [2.05, 4.69) is 6.92 Å². The first-order valence-corrected chi connectivity index (χ1v) is 8.81. The molecular weight excluding hydrogens is 296 g/mol. The first kappa shape index (κ1) is 15.8. The molecule has 1 aromatic rings. The van der Waals surface area contributed by atoms with Gasteiger partial charge in [-0.1, -0.05) is 31.0 Å². The first-order valence-electron chi connectivity index (χ1n) is 6.99. The van der Waals surface area contributed by atoms with E-state index in [1.807, 2.05) is 6.07 Å². The summed E-state index contributed by atoms with van der Waals surface area (Å²) in [4.78, 5) is 0.208. The van der Waals surface area contributed by atoms with E-state index in [9.17, 15) is 8.42 Å². The van der Waals surface area contributed by atoms with Gasteiger partial charge in [0.2, 0.25) is 10.0 Å². The van der Waals surface area contributed by atoms with Gasteiger partial charge in [-0.25, -0.2) is 8.42 Å². The molecule has 6 heteroatoms. The Hall–Kier alpha value is -0.620. The van der Waals surface area contributed by atoms with E-state index in [0.29, 0.717) is 13.1 Å². The van der Waals surface area contributed by atoms with Crippen LogP contribution in [0.2, 0.25) is 5.02 Å². The molecule has 2 rings (SSSR count). The summed E-state index contributed by atoms with van der Waals surface area (Å²) in [7, 11) is -3.55. The molecule has 1 aliphatic heterocycles. The minimum Gasteiger partial charge on any atom is -0.327 e. The van der Waals surface area contributed by atoms with Gasteiger partial charge in [0.1, 0.15) is 4.90 Å². The quantitative estimate of drug-likeness (QED) is 0.927. The highest BCUT2D eigenvalue weighted by Crippen LogP contribution is 2.28. The van der Waals surface area contributed by atoms with Crippen molar-refractivity contribution in [1.82, 2.24) is 4.31 Å². The van der Waals surface area contributed by atoms with Crippen LogP contribution in [0.15, 0.2) is 23.1 Å². The summed E-state index contributed by atoms with van der Waals surface area (Å²) in [5.74, 6) is 0. The number of sulfonamides is 1. The van der Waals surface area contributed by atoms with Gasteiger partial charge in [-0.05, 0) is 37.0 Å². The standard InChI is InChI=1S/C14H21ClN2O2S/c1-2-4-11-6-7-13(15)14(9-11)20(18,19)17-8-3-5-12(16)10-17/h6-7,9,12H,2-5,8,10,16H2,1H3. The van der Waals surface area contributed by atoms with Crippen molar-refractivity contribution in [3.05, 3.63) is 28.8 Å². The fourth-order valence-corrected chi connectivity index (χ4v) is 4.58. The highest BCUT2D eigenvalue weighted by molar-refractivity contribution is 7.89. The average molecular weight is 317 g/mol. The Morgan fingerprint density at radius 3 is 2.85 bits per heavy atom. The molecule has 1 unspecified atom stereocenters. The molecule has 0 aliphatic carbocycles. The number of hydrogen-bond acceptors (Lipinski definition) is 3. The number of benzene rings is 1. The zero-order chi connectivity index (χ0) is 14.8. The SMILES string of the molecule is CCCc1ccc(Cl)c(S(=O)(=O)N2CCCC(N)C2)c1. The normalized spacial score (nSPS) is 21.1. The van der Waals surface area contributed by atoms with E-state index < -0.39 is 10.0 Å². The number of hydrogen-bond donors (Lipinski definition) is 1. The van der Waals surface area contributed by atoms with Crippen molar-refractivity contribution in [3.63, 3.8) is 0 Å². The van der Waals surface area contributed by atoms with E-state index in [4.69, 9.17) is 17.3 Å². The molecule has 0 amide bonds. The molecule has 1 saturated heterocycles. The van der Waals surface area contributed by atoms with E-state index >= 15 is 0 Å². The van der Waals surface area contributed by atoms with Gasteiger partial charge in [0.05, 0.1) is 5.02 Å². The predicted octanol–water partition coefficient (Wildman–Crippen LogP) is 2.40. The maximum Gasteiger partial charge on any atom is 0.244 e. The Morgan fingerprint density at radius 2 is 2.20 bits per heavy atom. The Kier molecular flexibility index (Phi) is 5.07. The van der Waals surface area contributed by atoms with Crippen LogP contribution in [-0.2, 0) is 16.4 Å². The lowest BCUT2D eigenvalue weighted by Gasteiger charge is -2.30. The van der Waals surface area contributed by atoms with Crippen LogP contribution in [0.4, 0.5) is 0 Å². The van der Waals surface area contributed by atoms with Gasteiger partial charge in [0.25, 0.3) is 0 Å². The van der Waals surface area contributed by atoms with Gasteiger partial charge in [-0.2, -0.15) is 4.31 Å². The number of aryl methyl sites for hydroxylation is 1. The molecule has 0 saturated carbocycles. The van der Waals surface area contributed by atoms with Crippen molar-refractivity contribution in [2.24, 2.45) is 5.73 Å². The summed E-state index contributed by atoms with van der Waals surface area (Å²) < 4.78 is 26.8. The summed E-state index contributed by atoms with van der Waals surface area (Å²) in [6.45, 7) is 2.95. The van der Waals surface area contributed by atoms with Crippen LogP contribution in [0.25, 0.3) is 0 Å². The predicted molar refractivity (Wildman–Crippen MR) is 81.4 cm³/mol. The fraction of sp³-hybridized carbons (Fsp3) is 0.571. The number of nitrogens with zero attached hydrogens (tertiary/aromatic N) is 1. The Labute approximate surface area is 126 Å². The van der Waals surface area contributed by atoms with Crippen LogP contribution in [0.3, 0.4) is 0 Å². The van der Waals surface area contributed by atoms with Gasteiger partial charge in [0, 0.05) is 19.1 Å². The molecular formula is C14H21ClN2O2S. The minimum absolute atomic E-state index is 0.0869. The Morgan fingerprint density at radius 1 is 1.45 bits per heavy atom. The highest BCUT2D eigenvalue weighted by Gasteiger charge is 2.30. The van der Waals surface area contributed by atoms with Crippen molar-refractivity contribution < 1.29 is 8.42 Å². The van der Waals surface area contributed by atoms with Crippen molar-refractivity contribution in [2.75, 3.05) is 13.1 Å². The van der Waals surface area contributed by atoms with Crippen LogP contribution >= 0.6 is 11.6 Å². The second-order valence-corrected chi connectivity index (χ2v) is 7.59. The molecule has 2 N–H and O–H groups in total. The second kappa shape index (κ2) is 6.43. The molecule has 0 aromatic heterocycles. The third kappa shape index (κ3) is 3.34. The molecule has 4 nitrogen and oxygen atoms in total. The first-order chi connectivity index (χ1) is 9.45. The zero-order valence-corrected chi connectivity index (χ0v) is 13.3. The smallest absolute Gasteiger partial charge is 0.244 e. The summed E-state index contributed by atoms with van der Waals surface area (Å²) in [6.07, 6.45) is 3.48. The van der Waals surface area contributed by atoms with Crippen molar-refractivity contribution >= 4 is 21.6 Å². The summed E-state index contributed by atoms with van der Waals surface area (Å²) in [6, 6.07) is 5.16. The lowest BCUT2D eigenvalue weighted by Crippen LogP contribution is -2.45. The van der Waals surface area contributed by atoms with Crippen molar-refractivity contribution in [3.8, 4) is 0 Å². The molecule has 20 heavy (non-hydrogen) atoms. The van der Waals surface area contributed by atoms with Crippen LogP contribution in [-0.4, -0.2) is 31.9 Å². The molecule has 1 heterocycles. The van der Waals surface area contributed by atoms with Gasteiger partial charge in [-0.15, -0.1) is 0 Å². The van der Waals surface area contributed by atoms with Gasteiger partial charge >= 0.3 is 0 Å². The van der Waals surface area contributed by atoms with Gasteiger partial charge < -0.3 is 5.73 Å². The molecule has 1 aliphatic rings. The maximum atomic E-state index is 12.7. The van der Waals surface area contributed by atoms with E-state index in [1.165, 1.54) is 4.31 Å². The zero-order valence-electron chi connectivity index (χ0n) is 11.7. The molecule has 1 atom stereocenters. The third-order valence-electron chi connectivity index (χ3n) is 3.57. The fourth-order valence-electron chi connectivity index (χ4n) is 2.52. The van der Waals surface area contributed by atoms with Crippen LogP contribution in [0.1, 0.15) is 31.7 Å². The summed E-state index contributed by atoms with van der Waals surface area (Å²) in [5, 5.41) is 0.281. The largest absolute Gasteiger partial charge is 0.327 e. The monoisotopic (exact) mass is 316 g/mol. The highest BCUT2D eigenvalue weighted by atomic mass is 35.5. The molecule has 1 aromatic carbocycles. The number of piperidine rings is 1. The van der Waals surface area contributed by atoms with Crippen LogP contribution in [0, 0.1) is 0 Å². The van der Waals surface area contributed by atoms with Gasteiger partial charge in [-0.3, -0.25) is 0 Å². The molecule has 0 spiro atoms. The van der Waals surface area contributed by atoms with Crippen molar-refractivity contribution in [1.29, 1.82) is 0 Å². The minimum atomic E-state index is -3.55. The summed E-state index contributed by atoms with van der Waals surface area (Å²) in [5.41, 5.74) is 6.87. The molecule has 1 fully saturated rings. The average Bonchev–Trinajstić information content (AvgIpc) is 2.41. The number of nitrogens with two attached hydrogens (primary N) is 1. The third-order valence-corrected chi connectivity index (χ3v) is 5.92. The van der Waals surface area contributed by atoms with E-state index in [1.54, 1.807) is 12.1 Å². The number of halogens is 1. The molecule has 0 radical (unpaired) electrons. The Balaban J connectivity index is 2.35. The lowest BCUT2D eigenvalue weighted by atomic mass is 10.1. The number of rotatable bonds is 4. The van der Waals surface area contributed by atoms with Crippen molar-refractivity contribution in [2.45, 2.75) is 43.5 Å². The lowest BCUT2D eigenvalue weighted by molar-refractivity contribution is 0.316. The summed E-state index contributed by atoms with van der Waals surface area (Å²) >= 11 is 6.10. The Bertz CT molecular complexity index is 575. The van der Waals surface area contributed by atoms with Crippen LogP contribution in [0.5, 0.6) is 0 Å². The maximum absolute atomic E-state index is 12.7. The van der Waals surface area contributed by atoms with E-state index in [-0.39, 0.29) is 16.0 Å². The second-order valence-electron chi connectivity index (χ2n) is 5.28. The van der Waals surface area contributed by atoms with Gasteiger partial charge in [0.15, 0.2) is 0 Å². The van der Waals surface area contributed by atoms with E-state index in [0.717, 1.165) is 31.2 Å². The molecule has 112 valence electrons. The van der Waals surface area contributed by atoms with Crippen LogP contribution < -0.4 is 5.73 Å². The molecule has 0 bridgehead atoms. The topological polar surface area (TPSA) is 63.4 Å².